The molecule has 0 unspecified atom stereocenters. The number of amides is 1. The Bertz CT molecular complexity index is 917. The van der Waals surface area contributed by atoms with Crippen molar-refractivity contribution in [3.05, 3.63) is 48.5 Å². The van der Waals surface area contributed by atoms with Crippen molar-refractivity contribution in [3.63, 3.8) is 0 Å². The molecule has 0 N–H and O–H groups in total. The number of carbonyl (C=O) groups excluding carboxylic acids is 1. The third kappa shape index (κ3) is 3.27. The van der Waals surface area contributed by atoms with Crippen LogP contribution < -0.4 is 0 Å². The molecule has 1 fully saturated rings. The number of aromatic nitrogens is 2. The van der Waals surface area contributed by atoms with E-state index in [4.69, 9.17) is 0 Å². The molecule has 8 heteroatoms. The zero-order valence-electron chi connectivity index (χ0n) is 15.4. The maximum Gasteiger partial charge on any atom is 0.244 e. The van der Waals surface area contributed by atoms with Crippen LogP contribution in [0.4, 0.5) is 0 Å². The van der Waals surface area contributed by atoms with Crippen LogP contribution >= 0.6 is 0 Å². The fourth-order valence-corrected chi connectivity index (χ4v) is 5.54. The van der Waals surface area contributed by atoms with E-state index < -0.39 is 10.0 Å². The Morgan fingerprint density at radius 1 is 1.11 bits per heavy atom. The molecule has 1 atom stereocenters. The van der Waals surface area contributed by atoms with E-state index in [1.807, 2.05) is 11.0 Å². The summed E-state index contributed by atoms with van der Waals surface area (Å²) in [7, 11) is -3.54. The van der Waals surface area contributed by atoms with E-state index in [0.29, 0.717) is 32.5 Å². The molecule has 1 saturated heterocycles. The highest BCUT2D eigenvalue weighted by atomic mass is 32.2. The first-order valence-electron chi connectivity index (χ1n) is 9.34. The SMILES string of the molecule is C[C@H]1c2cccn2CCN1C(=O)C1CCN(S(=O)(=O)c2cccnc2)CC1. The lowest BCUT2D eigenvalue weighted by atomic mass is 9.95. The summed E-state index contributed by atoms with van der Waals surface area (Å²) >= 11 is 0. The van der Waals surface area contributed by atoms with Crippen LogP contribution in [-0.4, -0.2) is 52.7 Å². The summed E-state index contributed by atoms with van der Waals surface area (Å²) < 4.78 is 29.1. The van der Waals surface area contributed by atoms with Crippen molar-refractivity contribution in [1.82, 2.24) is 18.8 Å². The van der Waals surface area contributed by atoms with E-state index in [1.54, 1.807) is 18.3 Å². The Morgan fingerprint density at radius 2 is 1.89 bits per heavy atom. The van der Waals surface area contributed by atoms with Crippen molar-refractivity contribution in [3.8, 4) is 0 Å². The molecule has 0 radical (unpaired) electrons. The summed E-state index contributed by atoms with van der Waals surface area (Å²) in [6, 6.07) is 7.31. The minimum absolute atomic E-state index is 0.0541. The zero-order valence-corrected chi connectivity index (χ0v) is 16.2. The molecule has 2 aromatic heterocycles. The van der Waals surface area contributed by atoms with E-state index in [-0.39, 0.29) is 22.8 Å². The lowest BCUT2D eigenvalue weighted by Gasteiger charge is -2.39. The third-order valence-corrected chi connectivity index (χ3v) is 7.58. The van der Waals surface area contributed by atoms with Gasteiger partial charge in [-0.25, -0.2) is 8.42 Å². The van der Waals surface area contributed by atoms with Gasteiger partial charge in [-0.05, 0) is 44.0 Å². The largest absolute Gasteiger partial charge is 0.348 e. The van der Waals surface area contributed by atoms with Crippen LogP contribution in [0.3, 0.4) is 0 Å². The van der Waals surface area contributed by atoms with Crippen molar-refractivity contribution in [2.75, 3.05) is 19.6 Å². The Balaban J connectivity index is 1.42. The molecular formula is C19H24N4O3S. The first kappa shape index (κ1) is 18.2. The topological polar surface area (TPSA) is 75.5 Å². The normalized spacial score (nSPS) is 21.8. The minimum Gasteiger partial charge on any atom is -0.348 e. The molecule has 0 saturated carbocycles. The molecule has 7 nitrogen and oxygen atoms in total. The molecule has 144 valence electrons. The van der Waals surface area contributed by atoms with Crippen LogP contribution in [0.2, 0.25) is 0 Å². The second kappa shape index (κ2) is 7.09. The molecule has 2 aromatic rings. The fraction of sp³-hybridized carbons (Fsp3) is 0.474. The second-order valence-electron chi connectivity index (χ2n) is 7.20. The zero-order chi connectivity index (χ0) is 19.0. The van der Waals surface area contributed by atoms with E-state index in [0.717, 1.165) is 12.2 Å². The Kier molecular flexibility index (Phi) is 4.77. The summed E-state index contributed by atoms with van der Waals surface area (Å²) in [4.78, 5) is 19.1. The molecule has 2 aliphatic heterocycles. The molecule has 0 aromatic carbocycles. The van der Waals surface area contributed by atoms with Crippen LogP contribution in [0.1, 0.15) is 31.5 Å². The van der Waals surface area contributed by atoms with Crippen LogP contribution in [0.25, 0.3) is 0 Å². The molecule has 27 heavy (non-hydrogen) atoms. The molecule has 4 heterocycles. The number of hydrogen-bond donors (Lipinski definition) is 0. The molecule has 4 rings (SSSR count). The quantitative estimate of drug-likeness (QED) is 0.805. The van der Waals surface area contributed by atoms with Crippen LogP contribution in [0.5, 0.6) is 0 Å². The smallest absolute Gasteiger partial charge is 0.244 e. The van der Waals surface area contributed by atoms with E-state index in [1.165, 1.54) is 10.5 Å². The Morgan fingerprint density at radius 3 is 2.59 bits per heavy atom. The molecular weight excluding hydrogens is 364 g/mol. The lowest BCUT2D eigenvalue weighted by Crippen LogP contribution is -2.47. The van der Waals surface area contributed by atoms with E-state index in [2.05, 4.69) is 28.7 Å². The number of fused-ring (bicyclic) bond motifs is 1. The Labute approximate surface area is 159 Å². The number of piperidine rings is 1. The number of pyridine rings is 1. The standard InChI is InChI=1S/C19H24N4O3S/c1-15-18-5-3-9-21(18)12-13-23(15)19(24)16-6-10-22(11-7-16)27(25,26)17-4-2-8-20-14-17/h2-5,8-9,14-16H,6-7,10-13H2,1H3/t15-/m0/s1. The van der Waals surface area contributed by atoms with E-state index >= 15 is 0 Å². The van der Waals surface area contributed by atoms with Gasteiger partial charge in [0, 0.05) is 56.4 Å². The van der Waals surface area contributed by atoms with Crippen molar-refractivity contribution in [1.29, 1.82) is 0 Å². The number of rotatable bonds is 3. The highest BCUT2D eigenvalue weighted by Gasteiger charge is 2.36. The summed E-state index contributed by atoms with van der Waals surface area (Å²) in [5.41, 5.74) is 1.16. The molecule has 0 aliphatic carbocycles. The second-order valence-corrected chi connectivity index (χ2v) is 9.14. The summed E-state index contributed by atoms with van der Waals surface area (Å²) in [5, 5.41) is 0. The Hall–Kier alpha value is -2.19. The van der Waals surface area contributed by atoms with Gasteiger partial charge in [-0.15, -0.1) is 0 Å². The van der Waals surface area contributed by atoms with Gasteiger partial charge in [0.15, 0.2) is 0 Å². The van der Waals surface area contributed by atoms with Gasteiger partial charge in [-0.2, -0.15) is 4.31 Å². The van der Waals surface area contributed by atoms with Gasteiger partial charge in [0.25, 0.3) is 0 Å². The maximum atomic E-state index is 13.1. The molecule has 1 amide bonds. The summed E-state index contributed by atoms with van der Waals surface area (Å²) in [5.74, 6) is 0.0303. The average Bonchev–Trinajstić information content (AvgIpc) is 3.18. The number of sulfonamides is 1. The van der Waals surface area contributed by atoms with Crippen molar-refractivity contribution < 1.29 is 13.2 Å². The van der Waals surface area contributed by atoms with Crippen LogP contribution in [0.15, 0.2) is 47.8 Å². The molecule has 0 spiro atoms. The summed E-state index contributed by atoms with van der Waals surface area (Å²) in [6.45, 7) is 4.31. The third-order valence-electron chi connectivity index (χ3n) is 5.70. The summed E-state index contributed by atoms with van der Waals surface area (Å²) in [6.07, 6.45) is 6.10. The van der Waals surface area contributed by atoms with Gasteiger partial charge in [0.1, 0.15) is 4.90 Å². The van der Waals surface area contributed by atoms with Crippen molar-refractivity contribution in [2.45, 2.75) is 37.2 Å². The first-order chi connectivity index (χ1) is 13.0. The number of hydrogen-bond acceptors (Lipinski definition) is 4. The van der Waals surface area contributed by atoms with Crippen molar-refractivity contribution in [2.24, 2.45) is 5.92 Å². The molecule has 0 bridgehead atoms. The van der Waals surface area contributed by atoms with Crippen LogP contribution in [0, 0.1) is 5.92 Å². The predicted octanol–water partition coefficient (Wildman–Crippen LogP) is 1.89. The molecule has 2 aliphatic rings. The van der Waals surface area contributed by atoms with Gasteiger partial charge in [0.05, 0.1) is 6.04 Å². The van der Waals surface area contributed by atoms with Gasteiger partial charge >= 0.3 is 0 Å². The van der Waals surface area contributed by atoms with E-state index in [9.17, 15) is 13.2 Å². The highest BCUT2D eigenvalue weighted by Crippen LogP contribution is 2.30. The monoisotopic (exact) mass is 388 g/mol. The predicted molar refractivity (Wildman–Crippen MR) is 100 cm³/mol. The highest BCUT2D eigenvalue weighted by molar-refractivity contribution is 7.89. The number of nitrogens with zero attached hydrogens (tertiary/aromatic N) is 4. The van der Waals surface area contributed by atoms with Crippen LogP contribution in [-0.2, 0) is 21.4 Å². The average molecular weight is 388 g/mol. The minimum atomic E-state index is -3.54. The van der Waals surface area contributed by atoms with Gasteiger partial charge in [0.2, 0.25) is 15.9 Å². The van der Waals surface area contributed by atoms with Gasteiger partial charge < -0.3 is 9.47 Å². The van der Waals surface area contributed by atoms with Gasteiger partial charge in [-0.3, -0.25) is 9.78 Å². The van der Waals surface area contributed by atoms with Gasteiger partial charge in [-0.1, -0.05) is 0 Å². The first-order valence-corrected chi connectivity index (χ1v) is 10.8. The fourth-order valence-electron chi connectivity index (χ4n) is 4.11. The lowest BCUT2D eigenvalue weighted by molar-refractivity contribution is -0.140. The maximum absolute atomic E-state index is 13.1. The van der Waals surface area contributed by atoms with Crippen molar-refractivity contribution >= 4 is 15.9 Å². The number of carbonyl (C=O) groups is 1.